The van der Waals surface area contributed by atoms with Crippen molar-refractivity contribution >= 4 is 23.7 Å². The molecule has 2 aliphatic rings. The van der Waals surface area contributed by atoms with Crippen LogP contribution in [0.15, 0.2) is 60.9 Å². The minimum Gasteiger partial charge on any atom is -0.453 e. The van der Waals surface area contributed by atoms with E-state index in [1.807, 2.05) is 4.90 Å². The van der Waals surface area contributed by atoms with E-state index < -0.39 is 23.6 Å². The van der Waals surface area contributed by atoms with Gasteiger partial charge in [-0.1, -0.05) is 24.0 Å². The van der Waals surface area contributed by atoms with Crippen LogP contribution in [0, 0.1) is 23.5 Å². The van der Waals surface area contributed by atoms with Crippen LogP contribution in [0.1, 0.15) is 36.8 Å². The van der Waals surface area contributed by atoms with Gasteiger partial charge in [-0.2, -0.15) is 0 Å². The quantitative estimate of drug-likeness (QED) is 0.317. The van der Waals surface area contributed by atoms with Gasteiger partial charge in [-0.25, -0.2) is 18.4 Å². The van der Waals surface area contributed by atoms with Gasteiger partial charge in [0.2, 0.25) is 5.91 Å². The summed E-state index contributed by atoms with van der Waals surface area (Å²) in [6.07, 6.45) is 7.27. The highest BCUT2D eigenvalue weighted by atomic mass is 19.1. The number of imide groups is 1. The van der Waals surface area contributed by atoms with Gasteiger partial charge in [0.1, 0.15) is 11.6 Å². The van der Waals surface area contributed by atoms with Crippen LogP contribution in [0.3, 0.4) is 0 Å². The zero-order valence-electron chi connectivity index (χ0n) is 24.7. The Morgan fingerprint density at radius 3 is 2.56 bits per heavy atom. The third-order valence-electron chi connectivity index (χ3n) is 7.58. The second-order valence-corrected chi connectivity index (χ2v) is 10.9. The summed E-state index contributed by atoms with van der Waals surface area (Å²) in [5, 5.41) is 7.42. The lowest BCUT2D eigenvalue weighted by Crippen LogP contribution is -2.47. The van der Waals surface area contributed by atoms with E-state index in [2.05, 4.69) is 37.7 Å². The Morgan fingerprint density at radius 2 is 1.78 bits per heavy atom. The Balaban J connectivity index is 1.12. The molecule has 45 heavy (non-hydrogen) atoms. The number of carbonyl (C=O) groups is 3. The van der Waals surface area contributed by atoms with Crippen molar-refractivity contribution < 1.29 is 27.9 Å². The molecule has 2 fully saturated rings. The first-order valence-electron chi connectivity index (χ1n) is 14.9. The number of likely N-dealkylation sites (tertiary alicyclic amines) is 2. The van der Waals surface area contributed by atoms with E-state index in [0.717, 1.165) is 45.1 Å². The normalized spacial score (nSPS) is 16.0. The number of ether oxygens (including phenoxy) is 1. The van der Waals surface area contributed by atoms with Crippen LogP contribution in [-0.4, -0.2) is 71.5 Å². The molecular weight excluding hydrogens is 582 g/mol. The summed E-state index contributed by atoms with van der Waals surface area (Å²) in [5.41, 5.74) is 1.03. The van der Waals surface area contributed by atoms with E-state index in [9.17, 15) is 23.2 Å². The number of aromatic nitrogens is 1. The van der Waals surface area contributed by atoms with Crippen LogP contribution < -0.4 is 20.7 Å². The number of nitrogens with zero attached hydrogens (tertiary/aromatic N) is 3. The average Bonchev–Trinajstić information content (AvgIpc) is 3.71. The largest absolute Gasteiger partial charge is 0.453 e. The summed E-state index contributed by atoms with van der Waals surface area (Å²) < 4.78 is 33.7. The van der Waals surface area contributed by atoms with Crippen LogP contribution in [0.25, 0.3) is 0 Å². The maximum atomic E-state index is 14.9. The van der Waals surface area contributed by atoms with Gasteiger partial charge < -0.3 is 25.2 Å². The number of carbonyl (C=O) groups excluding carboxylic acids is 3. The fourth-order valence-electron chi connectivity index (χ4n) is 5.38. The molecule has 0 bridgehead atoms. The molecule has 234 valence electrons. The molecule has 3 aromatic rings. The molecule has 3 heterocycles. The highest BCUT2D eigenvalue weighted by Crippen LogP contribution is 2.28. The van der Waals surface area contributed by atoms with E-state index in [0.29, 0.717) is 11.1 Å². The molecule has 3 N–H and O–H groups in total. The number of hydrogen-bond acceptors (Lipinski definition) is 6. The summed E-state index contributed by atoms with van der Waals surface area (Å²) in [6, 6.07) is 9.91. The Labute approximate surface area is 260 Å². The fraction of sp³-hybridized carbons (Fsp3) is 0.333. The van der Waals surface area contributed by atoms with Gasteiger partial charge in [0.05, 0.1) is 18.5 Å². The summed E-state index contributed by atoms with van der Waals surface area (Å²) in [6.45, 7) is 3.97. The second-order valence-electron chi connectivity index (χ2n) is 10.9. The van der Waals surface area contributed by atoms with Crippen LogP contribution in [0.4, 0.5) is 24.1 Å². The number of halogens is 2. The molecule has 2 aromatic carbocycles. The highest BCUT2D eigenvalue weighted by Gasteiger charge is 2.30. The molecule has 0 saturated carbocycles. The van der Waals surface area contributed by atoms with Crippen molar-refractivity contribution in [3.8, 4) is 23.3 Å². The number of urea groups is 2. The third kappa shape index (κ3) is 9.00. The Hall–Kier alpha value is -5.02. The summed E-state index contributed by atoms with van der Waals surface area (Å²) >= 11 is 0. The first-order chi connectivity index (χ1) is 21.8. The monoisotopic (exact) mass is 616 g/mol. The van der Waals surface area contributed by atoms with E-state index in [1.165, 1.54) is 61.6 Å². The zero-order chi connectivity index (χ0) is 31.6. The topological polar surface area (TPSA) is 116 Å². The van der Waals surface area contributed by atoms with Crippen molar-refractivity contribution in [3.05, 3.63) is 83.7 Å². The minimum absolute atomic E-state index is 0.0955. The molecule has 5 amide bonds. The fourth-order valence-corrected chi connectivity index (χ4v) is 5.38. The zero-order valence-corrected chi connectivity index (χ0v) is 24.7. The number of rotatable bonds is 8. The molecule has 2 saturated heterocycles. The molecule has 5 rings (SSSR count). The van der Waals surface area contributed by atoms with E-state index >= 15 is 0 Å². The van der Waals surface area contributed by atoms with Crippen molar-refractivity contribution in [1.29, 1.82) is 0 Å². The Bertz CT molecular complexity index is 1580. The number of nitrogens with one attached hydrogen (secondary N) is 3. The van der Waals surface area contributed by atoms with E-state index in [1.54, 1.807) is 6.07 Å². The smallest absolute Gasteiger partial charge is 0.325 e. The van der Waals surface area contributed by atoms with Crippen LogP contribution in [0.2, 0.25) is 0 Å². The van der Waals surface area contributed by atoms with Crippen molar-refractivity contribution in [1.82, 2.24) is 25.4 Å². The van der Waals surface area contributed by atoms with Gasteiger partial charge in [-0.3, -0.25) is 15.1 Å². The molecule has 10 nitrogen and oxygen atoms in total. The van der Waals surface area contributed by atoms with Crippen molar-refractivity contribution in [2.24, 2.45) is 0 Å². The van der Waals surface area contributed by atoms with Gasteiger partial charge in [0.25, 0.3) is 0 Å². The lowest BCUT2D eigenvalue weighted by atomic mass is 10.1. The lowest BCUT2D eigenvalue weighted by molar-refractivity contribution is -0.119. The molecule has 0 radical (unpaired) electrons. The Morgan fingerprint density at radius 1 is 0.978 bits per heavy atom. The first-order valence-corrected chi connectivity index (χ1v) is 14.9. The number of anilines is 1. The van der Waals surface area contributed by atoms with E-state index in [-0.39, 0.29) is 42.2 Å². The van der Waals surface area contributed by atoms with Gasteiger partial charge in [0, 0.05) is 49.3 Å². The Kier molecular flexibility index (Phi) is 10.6. The van der Waals surface area contributed by atoms with Gasteiger partial charge in [-0.05, 0) is 68.6 Å². The third-order valence-corrected chi connectivity index (χ3v) is 7.58. The van der Waals surface area contributed by atoms with Crippen LogP contribution >= 0.6 is 0 Å². The molecule has 0 aliphatic carbocycles. The highest BCUT2D eigenvalue weighted by molar-refractivity contribution is 6.01. The van der Waals surface area contributed by atoms with Gasteiger partial charge >= 0.3 is 12.1 Å². The maximum Gasteiger partial charge on any atom is 0.325 e. The number of hydrogen-bond donors (Lipinski definition) is 3. The van der Waals surface area contributed by atoms with Gasteiger partial charge in [0.15, 0.2) is 11.6 Å². The summed E-state index contributed by atoms with van der Waals surface area (Å²) in [5.74, 6) is 4.19. The minimum atomic E-state index is -0.846. The first kappa shape index (κ1) is 31.4. The lowest BCUT2D eigenvalue weighted by Gasteiger charge is -2.28. The van der Waals surface area contributed by atoms with Gasteiger partial charge in [-0.15, -0.1) is 0 Å². The molecule has 12 heteroatoms. The van der Waals surface area contributed by atoms with Crippen molar-refractivity contribution in [2.75, 3.05) is 38.0 Å². The van der Waals surface area contributed by atoms with Crippen molar-refractivity contribution in [3.63, 3.8) is 0 Å². The number of pyridine rings is 1. The summed E-state index contributed by atoms with van der Waals surface area (Å²) in [4.78, 5) is 45.5. The van der Waals surface area contributed by atoms with E-state index in [4.69, 9.17) is 4.74 Å². The SMILES string of the molecule is O=C(Cc1ccc(F)cc1)NC(=O)Nc1ccc(Oc2ccncc2C#CCNC(=O)N2CCC[C@H]2CN2CCCC2)c(F)c1. The molecule has 1 atom stereocenters. The van der Waals surface area contributed by atoms with Crippen molar-refractivity contribution in [2.45, 2.75) is 38.1 Å². The standard InChI is InChI=1S/C33H34F2N6O4/c34-25-9-7-23(8-10-25)19-31(42)39-32(43)38-26-11-12-30(28(35)20-26)45-29-13-15-36-21-24(29)5-3-14-37-33(44)41-18-4-6-27(41)22-40-16-1-2-17-40/h7-13,15,20-21,27H,1-2,4,6,14,16-19,22H2,(H,37,44)(H2,38,39,42,43)/t27-/m0/s1. The molecule has 0 unspecified atom stereocenters. The van der Waals surface area contributed by atoms with Crippen LogP contribution in [-0.2, 0) is 11.2 Å². The number of amides is 5. The second kappa shape index (κ2) is 15.1. The number of benzene rings is 2. The molecular formula is C33H34F2N6O4. The molecule has 2 aliphatic heterocycles. The molecule has 0 spiro atoms. The predicted molar refractivity (Wildman–Crippen MR) is 164 cm³/mol. The van der Waals surface area contributed by atoms with Crippen LogP contribution in [0.5, 0.6) is 11.5 Å². The predicted octanol–water partition coefficient (Wildman–Crippen LogP) is 4.66. The maximum absolute atomic E-state index is 14.9. The molecule has 1 aromatic heterocycles. The summed E-state index contributed by atoms with van der Waals surface area (Å²) in [7, 11) is 0. The average molecular weight is 617 g/mol.